The molecule has 0 amide bonds. The molecule has 0 N–H and O–H groups in total. The number of hydrogen-bond donors (Lipinski definition) is 0. The molecule has 0 atom stereocenters. The maximum atomic E-state index is 2.21. The zero-order chi connectivity index (χ0) is 4.41. The van der Waals surface area contributed by atoms with E-state index in [1.165, 1.54) is 3.96 Å². The van der Waals surface area contributed by atoms with Crippen LogP contribution >= 0.6 is 0 Å². The SMILES string of the molecule is [Mo][C]1=CCC=C1. The van der Waals surface area contributed by atoms with Crippen LogP contribution in [0.25, 0.3) is 0 Å². The van der Waals surface area contributed by atoms with Crippen molar-refractivity contribution < 1.29 is 19.8 Å². The molecule has 0 bridgehead atoms. The summed E-state index contributed by atoms with van der Waals surface area (Å²) in [6.45, 7) is 0. The van der Waals surface area contributed by atoms with Crippen LogP contribution in [0, 0.1) is 0 Å². The fourth-order valence-electron chi connectivity index (χ4n) is 0.436. The second-order valence-corrected chi connectivity index (χ2v) is 2.40. The van der Waals surface area contributed by atoms with Crippen LogP contribution in [0.5, 0.6) is 0 Å². The molecule has 0 spiro atoms. The molecule has 0 aliphatic heterocycles. The summed E-state index contributed by atoms with van der Waals surface area (Å²) in [5, 5.41) is 0. The normalized spacial score (nSPS) is 18.3. The van der Waals surface area contributed by atoms with E-state index < -0.39 is 0 Å². The minimum absolute atomic E-state index is 1.15. The van der Waals surface area contributed by atoms with Crippen LogP contribution in [-0.2, 0) is 19.8 Å². The van der Waals surface area contributed by atoms with Gasteiger partial charge in [-0.1, -0.05) is 0 Å². The zero-order valence-electron chi connectivity index (χ0n) is 3.35. The molecule has 0 radical (unpaired) electrons. The van der Waals surface area contributed by atoms with Gasteiger partial charge in [0.1, 0.15) is 0 Å². The Labute approximate surface area is 48.8 Å². The first kappa shape index (κ1) is 4.33. The molecule has 1 heteroatoms. The molecule has 0 heterocycles. The van der Waals surface area contributed by atoms with Crippen LogP contribution in [0.15, 0.2) is 22.2 Å². The van der Waals surface area contributed by atoms with Crippen molar-refractivity contribution in [2.75, 3.05) is 0 Å². The predicted octanol–water partition coefficient (Wildman–Crippen LogP) is 1.38. The molecule has 0 unspecified atom stereocenters. The second kappa shape index (κ2) is 1.75. The molecule has 0 aromatic heterocycles. The third-order valence-electron chi connectivity index (χ3n) is 0.737. The van der Waals surface area contributed by atoms with E-state index in [2.05, 4.69) is 38.0 Å². The number of rotatable bonds is 0. The first-order chi connectivity index (χ1) is 2.89. The van der Waals surface area contributed by atoms with Gasteiger partial charge in [-0.25, -0.2) is 0 Å². The summed E-state index contributed by atoms with van der Waals surface area (Å²) >= 11 is 2.05. The molecular formula is C5H5Mo. The molecule has 31 valence electrons. The molecule has 0 aromatic carbocycles. The Balaban J connectivity index is 2.68. The summed E-state index contributed by atoms with van der Waals surface area (Å²) in [4.78, 5) is 0. The van der Waals surface area contributed by atoms with Crippen LogP contribution in [-0.4, -0.2) is 0 Å². The van der Waals surface area contributed by atoms with Crippen LogP contribution in [0.3, 0.4) is 0 Å². The van der Waals surface area contributed by atoms with Gasteiger partial charge >= 0.3 is 48.4 Å². The van der Waals surface area contributed by atoms with E-state index in [1.54, 1.807) is 0 Å². The molecular weight excluding hydrogens is 156 g/mol. The molecule has 0 saturated carbocycles. The van der Waals surface area contributed by atoms with Crippen molar-refractivity contribution in [1.29, 1.82) is 0 Å². The van der Waals surface area contributed by atoms with Gasteiger partial charge in [0.25, 0.3) is 0 Å². The van der Waals surface area contributed by atoms with Gasteiger partial charge in [0, 0.05) is 0 Å². The summed E-state index contributed by atoms with van der Waals surface area (Å²) in [7, 11) is 0. The maximum absolute atomic E-state index is 2.21. The van der Waals surface area contributed by atoms with Crippen LogP contribution < -0.4 is 0 Å². The summed E-state index contributed by atoms with van der Waals surface area (Å²) < 4.78 is 1.41. The molecule has 0 aromatic rings. The van der Waals surface area contributed by atoms with E-state index in [4.69, 9.17) is 0 Å². The van der Waals surface area contributed by atoms with Crippen molar-refractivity contribution in [3.63, 3.8) is 0 Å². The Morgan fingerprint density at radius 3 is 2.67 bits per heavy atom. The Kier molecular flexibility index (Phi) is 1.26. The summed E-state index contributed by atoms with van der Waals surface area (Å²) in [6, 6.07) is 0. The van der Waals surface area contributed by atoms with Gasteiger partial charge in [-0.2, -0.15) is 0 Å². The van der Waals surface area contributed by atoms with Crippen LogP contribution in [0.1, 0.15) is 6.42 Å². The van der Waals surface area contributed by atoms with Crippen molar-refractivity contribution in [2.24, 2.45) is 0 Å². The average molecular weight is 161 g/mol. The Bertz CT molecular complexity index is 97.8. The predicted molar refractivity (Wildman–Crippen MR) is 21.8 cm³/mol. The van der Waals surface area contributed by atoms with Crippen molar-refractivity contribution in [1.82, 2.24) is 0 Å². The van der Waals surface area contributed by atoms with Gasteiger partial charge in [0.05, 0.1) is 0 Å². The second-order valence-electron chi connectivity index (χ2n) is 1.24. The Hall–Kier alpha value is 0.168. The molecule has 1 aliphatic carbocycles. The van der Waals surface area contributed by atoms with Gasteiger partial charge in [0.2, 0.25) is 0 Å². The van der Waals surface area contributed by atoms with Gasteiger partial charge in [-0.3, -0.25) is 0 Å². The molecule has 1 aliphatic rings. The Morgan fingerprint density at radius 2 is 2.50 bits per heavy atom. The van der Waals surface area contributed by atoms with Gasteiger partial charge < -0.3 is 0 Å². The van der Waals surface area contributed by atoms with Crippen molar-refractivity contribution in [3.8, 4) is 0 Å². The number of allylic oxidation sites excluding steroid dienone is 4. The van der Waals surface area contributed by atoms with E-state index in [1.807, 2.05) is 0 Å². The summed E-state index contributed by atoms with van der Waals surface area (Å²) in [6.07, 6.45) is 7.67. The van der Waals surface area contributed by atoms with E-state index in [0.29, 0.717) is 0 Å². The average Bonchev–Trinajstić information content (AvgIpc) is 1.86. The first-order valence-electron chi connectivity index (χ1n) is 1.93. The van der Waals surface area contributed by atoms with E-state index in [9.17, 15) is 0 Å². The van der Waals surface area contributed by atoms with Crippen molar-refractivity contribution in [2.45, 2.75) is 6.42 Å². The third kappa shape index (κ3) is 0.814. The van der Waals surface area contributed by atoms with E-state index >= 15 is 0 Å². The van der Waals surface area contributed by atoms with Crippen molar-refractivity contribution >= 4 is 0 Å². The minimum atomic E-state index is 1.15. The fraction of sp³-hybridized carbons (Fsp3) is 0.200. The topological polar surface area (TPSA) is 0 Å². The molecule has 6 heavy (non-hydrogen) atoms. The van der Waals surface area contributed by atoms with E-state index in [0.717, 1.165) is 6.42 Å². The van der Waals surface area contributed by atoms with Gasteiger partial charge in [-0.15, -0.1) is 0 Å². The molecule has 0 saturated heterocycles. The third-order valence-corrected chi connectivity index (χ3v) is 1.48. The molecule has 1 rings (SSSR count). The standard InChI is InChI=1S/C5H5.Mo/c1-2-4-5-3-1;/h1-2,5H,3H2;. The van der Waals surface area contributed by atoms with E-state index in [-0.39, 0.29) is 0 Å². The quantitative estimate of drug-likeness (QED) is 0.471. The molecule has 0 nitrogen and oxygen atoms in total. The summed E-state index contributed by atoms with van der Waals surface area (Å²) in [5.74, 6) is 0. The van der Waals surface area contributed by atoms with Gasteiger partial charge in [0.15, 0.2) is 0 Å². The van der Waals surface area contributed by atoms with Crippen molar-refractivity contribution in [3.05, 3.63) is 22.2 Å². The molecule has 0 fully saturated rings. The van der Waals surface area contributed by atoms with Crippen LogP contribution in [0.4, 0.5) is 0 Å². The first-order valence-corrected chi connectivity index (χ1v) is 2.93. The zero-order valence-corrected chi connectivity index (χ0v) is 5.35. The Morgan fingerprint density at radius 1 is 1.67 bits per heavy atom. The van der Waals surface area contributed by atoms with Crippen LogP contribution in [0.2, 0.25) is 0 Å². The monoisotopic (exact) mass is 163 g/mol. The summed E-state index contributed by atoms with van der Waals surface area (Å²) in [5.41, 5.74) is 0. The fourth-order valence-corrected chi connectivity index (χ4v) is 0.909. The van der Waals surface area contributed by atoms with Gasteiger partial charge in [-0.05, 0) is 0 Å². The number of hydrogen-bond acceptors (Lipinski definition) is 0.